The molecule has 0 saturated carbocycles. The first kappa shape index (κ1) is 17.8. The van der Waals surface area contributed by atoms with E-state index < -0.39 is 24.3 Å². The number of carbonyl (C=O) groups excluding carboxylic acids is 2. The zero-order valence-corrected chi connectivity index (χ0v) is 14.5. The largest absolute Gasteiger partial charge is 0.452 e. The maximum absolute atomic E-state index is 13.6. The SMILES string of the molecule is Cc1cc(C(=O)OCC(=O)Nc2cc(Cl)ccc2F)c2ccccc2n1. The molecule has 3 aromatic rings. The van der Waals surface area contributed by atoms with Gasteiger partial charge in [0.25, 0.3) is 5.91 Å². The Kier molecular flexibility index (Phi) is 5.14. The summed E-state index contributed by atoms with van der Waals surface area (Å²) in [6.45, 7) is 1.21. The van der Waals surface area contributed by atoms with E-state index in [1.165, 1.54) is 12.1 Å². The van der Waals surface area contributed by atoms with Crippen LogP contribution in [-0.2, 0) is 9.53 Å². The molecule has 0 aliphatic rings. The molecule has 5 nitrogen and oxygen atoms in total. The number of rotatable bonds is 4. The minimum atomic E-state index is -0.672. The molecule has 0 radical (unpaired) electrons. The number of para-hydroxylation sites is 1. The second-order valence-electron chi connectivity index (χ2n) is 5.58. The summed E-state index contributed by atoms with van der Waals surface area (Å²) in [6.07, 6.45) is 0. The van der Waals surface area contributed by atoms with Crippen molar-refractivity contribution in [2.24, 2.45) is 0 Å². The molecular weight excluding hydrogens is 359 g/mol. The normalized spacial score (nSPS) is 10.6. The highest BCUT2D eigenvalue weighted by molar-refractivity contribution is 6.30. The van der Waals surface area contributed by atoms with E-state index in [0.29, 0.717) is 22.2 Å². The van der Waals surface area contributed by atoms with Gasteiger partial charge in [0.15, 0.2) is 6.61 Å². The third-order valence-electron chi connectivity index (χ3n) is 3.60. The molecule has 0 unspecified atom stereocenters. The van der Waals surface area contributed by atoms with E-state index in [4.69, 9.17) is 16.3 Å². The van der Waals surface area contributed by atoms with E-state index in [9.17, 15) is 14.0 Å². The molecule has 1 N–H and O–H groups in total. The van der Waals surface area contributed by atoms with Gasteiger partial charge in [0.2, 0.25) is 0 Å². The van der Waals surface area contributed by atoms with Gasteiger partial charge in [-0.05, 0) is 37.3 Å². The van der Waals surface area contributed by atoms with Gasteiger partial charge >= 0.3 is 5.97 Å². The number of aryl methyl sites for hydroxylation is 1. The van der Waals surface area contributed by atoms with Crippen LogP contribution in [0.25, 0.3) is 10.9 Å². The summed E-state index contributed by atoms with van der Waals surface area (Å²) >= 11 is 5.77. The van der Waals surface area contributed by atoms with Crippen molar-refractivity contribution in [2.75, 3.05) is 11.9 Å². The second kappa shape index (κ2) is 7.49. The zero-order valence-electron chi connectivity index (χ0n) is 13.8. The highest BCUT2D eigenvalue weighted by atomic mass is 35.5. The van der Waals surface area contributed by atoms with Gasteiger partial charge in [-0.25, -0.2) is 9.18 Å². The second-order valence-corrected chi connectivity index (χ2v) is 6.01. The monoisotopic (exact) mass is 372 g/mol. The lowest BCUT2D eigenvalue weighted by Gasteiger charge is -2.09. The predicted octanol–water partition coefficient (Wildman–Crippen LogP) is 4.13. The molecule has 1 amide bonds. The van der Waals surface area contributed by atoms with Crippen molar-refractivity contribution < 1.29 is 18.7 Å². The lowest BCUT2D eigenvalue weighted by atomic mass is 10.1. The van der Waals surface area contributed by atoms with Crippen LogP contribution in [0.5, 0.6) is 0 Å². The highest BCUT2D eigenvalue weighted by Gasteiger charge is 2.15. The average Bonchev–Trinajstić information content (AvgIpc) is 2.62. The summed E-state index contributed by atoms with van der Waals surface area (Å²) in [5, 5.41) is 3.22. The summed E-state index contributed by atoms with van der Waals surface area (Å²) in [6, 6.07) is 12.5. The minimum Gasteiger partial charge on any atom is -0.452 e. The summed E-state index contributed by atoms with van der Waals surface area (Å²) in [7, 11) is 0. The Morgan fingerprint density at radius 2 is 1.96 bits per heavy atom. The summed E-state index contributed by atoms with van der Waals surface area (Å²) in [5.41, 5.74) is 1.55. The molecule has 132 valence electrons. The van der Waals surface area contributed by atoms with Crippen molar-refractivity contribution in [3.63, 3.8) is 0 Å². The standard InChI is InChI=1S/C19H14ClFN2O3/c1-11-8-14(13-4-2-3-5-16(13)22-11)19(25)26-10-18(24)23-17-9-12(20)6-7-15(17)21/h2-9H,10H2,1H3,(H,23,24). The molecule has 7 heteroatoms. The third-order valence-corrected chi connectivity index (χ3v) is 3.84. The number of aromatic nitrogens is 1. The lowest BCUT2D eigenvalue weighted by molar-refractivity contribution is -0.119. The topological polar surface area (TPSA) is 68.3 Å². The van der Waals surface area contributed by atoms with E-state index >= 15 is 0 Å². The Morgan fingerprint density at radius 1 is 1.19 bits per heavy atom. The van der Waals surface area contributed by atoms with Crippen LogP contribution in [0.4, 0.5) is 10.1 Å². The maximum atomic E-state index is 13.6. The van der Waals surface area contributed by atoms with Gasteiger partial charge in [0.05, 0.1) is 16.8 Å². The molecule has 1 heterocycles. The summed E-state index contributed by atoms with van der Waals surface area (Å²) < 4.78 is 18.7. The molecule has 0 aliphatic carbocycles. The molecule has 0 bridgehead atoms. The van der Waals surface area contributed by atoms with Crippen molar-refractivity contribution in [2.45, 2.75) is 6.92 Å². The Bertz CT molecular complexity index is 1010. The Labute approximate surface area is 153 Å². The molecule has 0 fully saturated rings. The van der Waals surface area contributed by atoms with Crippen molar-refractivity contribution in [1.82, 2.24) is 4.98 Å². The fraction of sp³-hybridized carbons (Fsp3) is 0.105. The van der Waals surface area contributed by atoms with Gasteiger partial charge in [0.1, 0.15) is 5.82 Å². The molecule has 0 saturated heterocycles. The zero-order chi connectivity index (χ0) is 18.7. The van der Waals surface area contributed by atoms with Crippen LogP contribution in [0.15, 0.2) is 48.5 Å². The van der Waals surface area contributed by atoms with Gasteiger partial charge in [-0.15, -0.1) is 0 Å². The fourth-order valence-corrected chi connectivity index (χ4v) is 2.64. The third kappa shape index (κ3) is 3.97. The van der Waals surface area contributed by atoms with Crippen molar-refractivity contribution in [3.05, 3.63) is 70.6 Å². The van der Waals surface area contributed by atoms with Crippen LogP contribution in [0.2, 0.25) is 5.02 Å². The van der Waals surface area contributed by atoms with E-state index in [1.54, 1.807) is 31.2 Å². The number of ether oxygens (including phenoxy) is 1. The number of pyridine rings is 1. The highest BCUT2D eigenvalue weighted by Crippen LogP contribution is 2.20. The molecular formula is C19H14ClFN2O3. The first-order chi connectivity index (χ1) is 12.4. The van der Waals surface area contributed by atoms with Crippen LogP contribution in [0.3, 0.4) is 0 Å². The Hall–Kier alpha value is -2.99. The van der Waals surface area contributed by atoms with Crippen molar-refractivity contribution in [1.29, 1.82) is 0 Å². The van der Waals surface area contributed by atoms with E-state index in [-0.39, 0.29) is 10.7 Å². The number of carbonyl (C=O) groups is 2. The number of amides is 1. The van der Waals surface area contributed by atoms with Crippen molar-refractivity contribution in [3.8, 4) is 0 Å². The van der Waals surface area contributed by atoms with Crippen LogP contribution in [-0.4, -0.2) is 23.5 Å². The van der Waals surface area contributed by atoms with Gasteiger partial charge in [-0.2, -0.15) is 0 Å². The quantitative estimate of drug-likeness (QED) is 0.699. The molecule has 0 atom stereocenters. The number of esters is 1. The molecule has 26 heavy (non-hydrogen) atoms. The van der Waals surface area contributed by atoms with Crippen LogP contribution >= 0.6 is 11.6 Å². The summed E-state index contributed by atoms with van der Waals surface area (Å²) in [4.78, 5) is 28.6. The number of anilines is 1. The van der Waals surface area contributed by atoms with Crippen LogP contribution in [0, 0.1) is 12.7 Å². The molecule has 0 spiro atoms. The Morgan fingerprint density at radius 3 is 2.77 bits per heavy atom. The van der Waals surface area contributed by atoms with Crippen LogP contribution < -0.4 is 5.32 Å². The van der Waals surface area contributed by atoms with Gasteiger partial charge in [-0.3, -0.25) is 9.78 Å². The van der Waals surface area contributed by atoms with Gasteiger partial charge in [0, 0.05) is 16.1 Å². The smallest absolute Gasteiger partial charge is 0.339 e. The maximum Gasteiger partial charge on any atom is 0.339 e. The van der Waals surface area contributed by atoms with E-state index in [0.717, 1.165) is 6.07 Å². The lowest BCUT2D eigenvalue weighted by Crippen LogP contribution is -2.21. The number of hydrogen-bond acceptors (Lipinski definition) is 4. The number of fused-ring (bicyclic) bond motifs is 1. The summed E-state index contributed by atoms with van der Waals surface area (Å²) in [5.74, 6) is -1.96. The number of halogens is 2. The molecule has 1 aromatic heterocycles. The molecule has 3 rings (SSSR count). The average molecular weight is 373 g/mol. The fourth-order valence-electron chi connectivity index (χ4n) is 2.47. The number of nitrogens with one attached hydrogen (secondary N) is 1. The number of nitrogens with zero attached hydrogens (tertiary/aromatic N) is 1. The van der Waals surface area contributed by atoms with Gasteiger partial charge < -0.3 is 10.1 Å². The number of benzene rings is 2. The molecule has 2 aromatic carbocycles. The van der Waals surface area contributed by atoms with Crippen molar-refractivity contribution >= 4 is 40.1 Å². The Balaban J connectivity index is 1.71. The van der Waals surface area contributed by atoms with Gasteiger partial charge in [-0.1, -0.05) is 29.8 Å². The minimum absolute atomic E-state index is 0.0799. The molecule has 0 aliphatic heterocycles. The first-order valence-electron chi connectivity index (χ1n) is 7.72. The predicted molar refractivity (Wildman–Crippen MR) is 96.8 cm³/mol. The van der Waals surface area contributed by atoms with Crippen LogP contribution in [0.1, 0.15) is 16.1 Å². The number of hydrogen-bond donors (Lipinski definition) is 1. The van der Waals surface area contributed by atoms with E-state index in [1.807, 2.05) is 6.07 Å². The first-order valence-corrected chi connectivity index (χ1v) is 8.10. The van der Waals surface area contributed by atoms with E-state index in [2.05, 4.69) is 10.3 Å².